The zero-order chi connectivity index (χ0) is 16.7. The molecular weight excluding hydrogens is 320 g/mol. The summed E-state index contributed by atoms with van der Waals surface area (Å²) >= 11 is 1.43. The van der Waals surface area contributed by atoms with Gasteiger partial charge in [-0.05, 0) is 63.0 Å². The van der Waals surface area contributed by atoms with Crippen LogP contribution in [0.1, 0.15) is 29.4 Å². The van der Waals surface area contributed by atoms with Crippen molar-refractivity contribution in [2.24, 2.45) is 5.92 Å². The van der Waals surface area contributed by atoms with Gasteiger partial charge >= 0.3 is 0 Å². The highest BCUT2D eigenvalue weighted by Gasteiger charge is 2.40. The summed E-state index contributed by atoms with van der Waals surface area (Å²) in [5, 5.41) is 4.11. The molecule has 24 heavy (non-hydrogen) atoms. The number of rotatable bonds is 3. The minimum absolute atomic E-state index is 0.000190. The monoisotopic (exact) mass is 342 g/mol. The third-order valence-electron chi connectivity index (χ3n) is 5.36. The third kappa shape index (κ3) is 2.80. The molecule has 2 bridgehead atoms. The molecule has 0 aliphatic carbocycles. The molecule has 126 valence electrons. The van der Waals surface area contributed by atoms with E-state index in [-0.39, 0.29) is 11.9 Å². The molecule has 1 amide bonds. The molecule has 3 fully saturated rings. The second-order valence-corrected chi connectivity index (χ2v) is 7.80. The lowest BCUT2D eigenvalue weighted by atomic mass is 9.79. The van der Waals surface area contributed by atoms with Crippen molar-refractivity contribution in [1.29, 1.82) is 0 Å². The van der Waals surface area contributed by atoms with E-state index < -0.39 is 0 Å². The number of carbonyl (C=O) groups is 1. The van der Waals surface area contributed by atoms with Gasteiger partial charge in [0.15, 0.2) is 0 Å². The van der Waals surface area contributed by atoms with Gasteiger partial charge in [-0.3, -0.25) is 9.69 Å². The Labute approximate surface area is 145 Å². The van der Waals surface area contributed by atoms with Crippen molar-refractivity contribution >= 4 is 22.9 Å². The number of nitrogen functional groups attached to an aromatic ring is 1. The van der Waals surface area contributed by atoms with Gasteiger partial charge in [-0.1, -0.05) is 0 Å². The first-order chi connectivity index (χ1) is 11.6. The number of nitrogens with one attached hydrogen (secondary N) is 1. The summed E-state index contributed by atoms with van der Waals surface area (Å²) < 4.78 is 0. The Hall–Kier alpha value is -1.92. The zero-order valence-electron chi connectivity index (χ0n) is 13.7. The quantitative estimate of drug-likeness (QED) is 0.841. The summed E-state index contributed by atoms with van der Waals surface area (Å²) in [6.07, 6.45) is 4.06. The van der Waals surface area contributed by atoms with Crippen LogP contribution in [0.15, 0.2) is 30.5 Å². The van der Waals surface area contributed by atoms with E-state index in [9.17, 15) is 4.79 Å². The van der Waals surface area contributed by atoms with Crippen LogP contribution < -0.4 is 11.1 Å². The van der Waals surface area contributed by atoms with Gasteiger partial charge in [0.25, 0.3) is 5.91 Å². The second-order valence-electron chi connectivity index (χ2n) is 6.76. The van der Waals surface area contributed by atoms with Gasteiger partial charge in [0, 0.05) is 23.3 Å². The Bertz CT molecular complexity index is 732. The second kappa shape index (κ2) is 6.18. The Kier molecular flexibility index (Phi) is 4.02. The van der Waals surface area contributed by atoms with Crippen LogP contribution in [0.2, 0.25) is 0 Å². The number of piperidine rings is 3. The molecule has 5 rings (SSSR count). The first-order valence-corrected chi connectivity index (χ1v) is 9.30. The normalized spacial score (nSPS) is 28.7. The van der Waals surface area contributed by atoms with E-state index in [1.165, 1.54) is 37.3 Å². The Balaban J connectivity index is 1.48. The highest BCUT2D eigenvalue weighted by molar-refractivity contribution is 7.16. The Morgan fingerprint density at radius 2 is 2.00 bits per heavy atom. The summed E-state index contributed by atoms with van der Waals surface area (Å²) in [4.78, 5) is 20.2. The molecule has 4 heterocycles. The standard InChI is InChI=1S/C18H22N4OS/c1-11-16(12-6-8-22(11)9-7-12)21-17(23)15-10-20-18(24-15)13-2-4-14(19)5-3-13/h2-5,10-12,16H,6-9,19H2,1H3,(H,21,23)/t11-,16+/m1/s1. The lowest BCUT2D eigenvalue weighted by Crippen LogP contribution is -2.62. The number of fused-ring (bicyclic) bond motifs is 3. The van der Waals surface area contributed by atoms with Crippen molar-refractivity contribution in [2.45, 2.75) is 31.8 Å². The van der Waals surface area contributed by atoms with Crippen LogP contribution in [0, 0.1) is 5.92 Å². The van der Waals surface area contributed by atoms with Crippen LogP contribution in [0.4, 0.5) is 5.69 Å². The van der Waals surface area contributed by atoms with Gasteiger partial charge in [0.2, 0.25) is 0 Å². The van der Waals surface area contributed by atoms with Crippen LogP contribution in [0.5, 0.6) is 0 Å². The highest BCUT2D eigenvalue weighted by Crippen LogP contribution is 2.33. The van der Waals surface area contributed by atoms with Crippen molar-refractivity contribution in [3.8, 4) is 10.6 Å². The average molecular weight is 342 g/mol. The summed E-state index contributed by atoms with van der Waals surface area (Å²) in [6.45, 7) is 4.56. The molecule has 0 spiro atoms. The molecule has 3 aliphatic rings. The van der Waals surface area contributed by atoms with E-state index in [4.69, 9.17) is 5.73 Å². The lowest BCUT2D eigenvalue weighted by Gasteiger charge is -2.49. The summed E-state index contributed by atoms with van der Waals surface area (Å²) in [5.74, 6) is 0.609. The highest BCUT2D eigenvalue weighted by atomic mass is 32.1. The molecule has 0 saturated carbocycles. The smallest absolute Gasteiger partial charge is 0.263 e. The van der Waals surface area contributed by atoms with Crippen LogP contribution in [-0.4, -0.2) is 41.0 Å². The van der Waals surface area contributed by atoms with Gasteiger partial charge < -0.3 is 11.1 Å². The van der Waals surface area contributed by atoms with Crippen molar-refractivity contribution < 1.29 is 4.79 Å². The molecule has 3 N–H and O–H groups in total. The molecule has 6 heteroatoms. The molecule has 2 atom stereocenters. The van der Waals surface area contributed by atoms with Gasteiger partial charge in [-0.2, -0.15) is 0 Å². The maximum Gasteiger partial charge on any atom is 0.263 e. The molecule has 3 saturated heterocycles. The van der Waals surface area contributed by atoms with Gasteiger partial charge in [-0.15, -0.1) is 11.3 Å². The van der Waals surface area contributed by atoms with Crippen LogP contribution in [0.3, 0.4) is 0 Å². The van der Waals surface area contributed by atoms with Crippen LogP contribution in [0.25, 0.3) is 10.6 Å². The van der Waals surface area contributed by atoms with Crippen molar-refractivity contribution in [1.82, 2.24) is 15.2 Å². The van der Waals surface area contributed by atoms with Crippen molar-refractivity contribution in [3.05, 3.63) is 35.3 Å². The predicted octanol–water partition coefficient (Wildman–Crippen LogP) is 2.60. The van der Waals surface area contributed by atoms with Crippen molar-refractivity contribution in [2.75, 3.05) is 18.8 Å². The number of nitrogens with zero attached hydrogens (tertiary/aromatic N) is 2. The van der Waals surface area contributed by atoms with Gasteiger partial charge in [-0.25, -0.2) is 4.98 Å². The molecule has 2 aromatic rings. The number of hydrogen-bond donors (Lipinski definition) is 2. The number of aromatic nitrogens is 1. The summed E-state index contributed by atoms with van der Waals surface area (Å²) in [6, 6.07) is 8.25. The molecule has 3 aliphatic heterocycles. The minimum Gasteiger partial charge on any atom is -0.399 e. The number of hydrogen-bond acceptors (Lipinski definition) is 5. The number of carbonyl (C=O) groups excluding carboxylic acids is 1. The van der Waals surface area contributed by atoms with E-state index in [1.807, 2.05) is 24.3 Å². The van der Waals surface area contributed by atoms with Crippen LogP contribution in [-0.2, 0) is 0 Å². The largest absolute Gasteiger partial charge is 0.399 e. The van der Waals surface area contributed by atoms with E-state index >= 15 is 0 Å². The topological polar surface area (TPSA) is 71.2 Å². The predicted molar refractivity (Wildman–Crippen MR) is 97.0 cm³/mol. The summed E-state index contributed by atoms with van der Waals surface area (Å²) in [5.41, 5.74) is 7.44. The SMILES string of the molecule is C[C@@H]1[C@H](NC(=O)c2cnc(-c3ccc(N)cc3)s2)C2CCN1CC2. The van der Waals surface area contributed by atoms with Gasteiger partial charge in [0.05, 0.1) is 6.20 Å². The Morgan fingerprint density at radius 1 is 1.29 bits per heavy atom. The lowest BCUT2D eigenvalue weighted by molar-refractivity contribution is 0.0218. The van der Waals surface area contributed by atoms with Crippen LogP contribution >= 0.6 is 11.3 Å². The van der Waals surface area contributed by atoms with Gasteiger partial charge in [0.1, 0.15) is 9.88 Å². The summed E-state index contributed by atoms with van der Waals surface area (Å²) in [7, 11) is 0. The fourth-order valence-corrected chi connectivity index (χ4v) is 4.73. The molecule has 0 radical (unpaired) electrons. The fourth-order valence-electron chi connectivity index (χ4n) is 3.91. The first kappa shape index (κ1) is 15.6. The first-order valence-electron chi connectivity index (χ1n) is 8.48. The number of amides is 1. The molecule has 1 aromatic heterocycles. The maximum absolute atomic E-state index is 12.7. The molecule has 1 aromatic carbocycles. The molecule has 0 unspecified atom stereocenters. The maximum atomic E-state index is 12.7. The van der Waals surface area contributed by atoms with E-state index in [0.717, 1.165) is 16.3 Å². The molecular formula is C18H22N4OS. The van der Waals surface area contributed by atoms with E-state index in [1.54, 1.807) is 6.20 Å². The average Bonchev–Trinajstić information content (AvgIpc) is 3.09. The number of anilines is 1. The van der Waals surface area contributed by atoms with E-state index in [0.29, 0.717) is 16.8 Å². The third-order valence-corrected chi connectivity index (χ3v) is 6.41. The number of thiazole rings is 1. The van der Waals surface area contributed by atoms with E-state index in [2.05, 4.69) is 22.1 Å². The number of nitrogens with two attached hydrogens (primary N) is 1. The minimum atomic E-state index is -0.000190. The zero-order valence-corrected chi connectivity index (χ0v) is 14.6. The fraction of sp³-hybridized carbons (Fsp3) is 0.444. The molecule has 5 nitrogen and oxygen atoms in total. The Morgan fingerprint density at radius 3 is 2.67 bits per heavy atom. The van der Waals surface area contributed by atoms with Crippen molar-refractivity contribution in [3.63, 3.8) is 0 Å². The number of benzene rings is 1.